The van der Waals surface area contributed by atoms with Crippen LogP contribution in [0.25, 0.3) is 10.1 Å². The van der Waals surface area contributed by atoms with E-state index in [1.54, 1.807) is 0 Å². The summed E-state index contributed by atoms with van der Waals surface area (Å²) >= 11 is 1.51. The zero-order valence-electron chi connectivity index (χ0n) is 15.6. The Kier molecular flexibility index (Phi) is 4.66. The summed E-state index contributed by atoms with van der Waals surface area (Å²) in [4.78, 5) is 13.2. The summed E-state index contributed by atoms with van der Waals surface area (Å²) in [5.41, 5.74) is 1.10. The number of thiophene rings is 1. The number of rotatable bonds is 5. The van der Waals surface area contributed by atoms with Gasteiger partial charge in [0.15, 0.2) is 0 Å². The van der Waals surface area contributed by atoms with E-state index in [9.17, 15) is 4.79 Å². The van der Waals surface area contributed by atoms with E-state index >= 15 is 0 Å². The molecule has 4 nitrogen and oxygen atoms in total. The lowest BCUT2D eigenvalue weighted by Gasteiger charge is -2.11. The Morgan fingerprint density at radius 1 is 1.00 bits per heavy atom. The Labute approximate surface area is 172 Å². The van der Waals surface area contributed by atoms with Crippen molar-refractivity contribution >= 4 is 27.3 Å². The molecular formula is C24H19NO3S. The predicted octanol–water partition coefficient (Wildman–Crippen LogP) is 5.43. The minimum atomic E-state index is -0.0738. The van der Waals surface area contributed by atoms with Gasteiger partial charge < -0.3 is 14.8 Å². The van der Waals surface area contributed by atoms with Gasteiger partial charge in [-0.25, -0.2) is 0 Å². The predicted molar refractivity (Wildman–Crippen MR) is 115 cm³/mol. The molecule has 0 saturated heterocycles. The second kappa shape index (κ2) is 7.60. The first-order chi connectivity index (χ1) is 14.2. The summed E-state index contributed by atoms with van der Waals surface area (Å²) in [6, 6.07) is 25.5. The van der Waals surface area contributed by atoms with Crippen LogP contribution in [0, 0.1) is 0 Å². The molecule has 0 radical (unpaired) electrons. The average molecular weight is 401 g/mol. The van der Waals surface area contributed by atoms with Gasteiger partial charge in [-0.15, -0.1) is 11.3 Å². The number of carbonyl (C=O) groups excluding carboxylic acids is 1. The third kappa shape index (κ3) is 3.82. The summed E-state index contributed by atoms with van der Waals surface area (Å²) < 4.78 is 13.0. The maximum Gasteiger partial charge on any atom is 0.261 e. The van der Waals surface area contributed by atoms with Gasteiger partial charge in [-0.2, -0.15) is 0 Å². The van der Waals surface area contributed by atoms with Crippen LogP contribution in [0.1, 0.15) is 15.2 Å². The van der Waals surface area contributed by atoms with Gasteiger partial charge in [-0.3, -0.25) is 4.79 Å². The summed E-state index contributed by atoms with van der Waals surface area (Å²) in [6.07, 6.45) is 0.670. The molecule has 1 amide bonds. The highest BCUT2D eigenvalue weighted by atomic mass is 32.1. The van der Waals surface area contributed by atoms with Gasteiger partial charge in [0, 0.05) is 16.7 Å². The molecule has 2 heterocycles. The number of nitrogens with one attached hydrogen (secondary N) is 1. The molecule has 5 heteroatoms. The van der Waals surface area contributed by atoms with Crippen LogP contribution in [0.5, 0.6) is 17.2 Å². The Balaban J connectivity index is 1.21. The van der Waals surface area contributed by atoms with Crippen molar-refractivity contribution in [1.29, 1.82) is 0 Å². The molecule has 0 aliphatic carbocycles. The van der Waals surface area contributed by atoms with Gasteiger partial charge in [-0.05, 0) is 47.9 Å². The smallest absolute Gasteiger partial charge is 0.261 e. The molecule has 4 aromatic rings. The van der Waals surface area contributed by atoms with Gasteiger partial charge in [0.05, 0.1) is 11.4 Å². The van der Waals surface area contributed by atoms with Crippen molar-refractivity contribution in [3.8, 4) is 17.2 Å². The Morgan fingerprint density at radius 3 is 2.69 bits per heavy atom. The summed E-state index contributed by atoms with van der Waals surface area (Å²) in [5.74, 6) is 2.39. The molecule has 5 rings (SSSR count). The molecule has 29 heavy (non-hydrogen) atoms. The first-order valence-corrected chi connectivity index (χ1v) is 10.4. The zero-order valence-corrected chi connectivity index (χ0v) is 16.4. The maximum atomic E-state index is 12.5. The van der Waals surface area contributed by atoms with E-state index in [0.29, 0.717) is 6.54 Å². The van der Waals surface area contributed by atoms with Crippen molar-refractivity contribution in [3.63, 3.8) is 0 Å². The summed E-state index contributed by atoms with van der Waals surface area (Å²) in [5, 5.41) is 4.10. The standard InChI is InChI=1S/C24H19NO3S/c26-24(23-14-16-6-4-5-9-22(16)29-23)25-15-20-13-17-12-19(10-11-21(17)28-20)27-18-7-2-1-3-8-18/h1-12,14,20H,13,15H2,(H,25,26). The highest BCUT2D eigenvalue weighted by molar-refractivity contribution is 7.20. The van der Waals surface area contributed by atoms with Crippen LogP contribution in [0.2, 0.25) is 0 Å². The summed E-state index contributed by atoms with van der Waals surface area (Å²) in [7, 11) is 0. The lowest BCUT2D eigenvalue weighted by atomic mass is 10.1. The minimum absolute atomic E-state index is 0.0566. The minimum Gasteiger partial charge on any atom is -0.488 e. The lowest BCUT2D eigenvalue weighted by molar-refractivity contribution is 0.0937. The van der Waals surface area contributed by atoms with E-state index in [-0.39, 0.29) is 12.0 Å². The quantitative estimate of drug-likeness (QED) is 0.485. The van der Waals surface area contributed by atoms with E-state index in [2.05, 4.69) is 5.32 Å². The van der Waals surface area contributed by atoms with Crippen molar-refractivity contribution in [3.05, 3.63) is 89.3 Å². The summed E-state index contributed by atoms with van der Waals surface area (Å²) in [6.45, 7) is 0.469. The molecule has 3 aromatic carbocycles. The lowest BCUT2D eigenvalue weighted by Crippen LogP contribution is -2.34. The normalized spacial score (nSPS) is 15.0. The second-order valence-electron chi connectivity index (χ2n) is 6.99. The molecular weight excluding hydrogens is 382 g/mol. The number of para-hydroxylation sites is 1. The Morgan fingerprint density at radius 2 is 1.83 bits per heavy atom. The number of amides is 1. The van der Waals surface area contributed by atoms with Crippen LogP contribution < -0.4 is 14.8 Å². The topological polar surface area (TPSA) is 47.6 Å². The molecule has 1 aliphatic rings. The number of ether oxygens (including phenoxy) is 2. The van der Waals surface area contributed by atoms with Crippen LogP contribution in [0.3, 0.4) is 0 Å². The van der Waals surface area contributed by atoms with E-state index in [4.69, 9.17) is 9.47 Å². The molecule has 144 valence electrons. The maximum absolute atomic E-state index is 12.5. The molecule has 1 unspecified atom stereocenters. The number of fused-ring (bicyclic) bond motifs is 2. The fourth-order valence-corrected chi connectivity index (χ4v) is 4.47. The van der Waals surface area contributed by atoms with Crippen LogP contribution in [-0.4, -0.2) is 18.6 Å². The van der Waals surface area contributed by atoms with Crippen molar-refractivity contribution in [1.82, 2.24) is 5.32 Å². The average Bonchev–Trinajstić information content (AvgIpc) is 3.36. The molecule has 1 aliphatic heterocycles. The Bertz CT molecular complexity index is 1140. The van der Waals surface area contributed by atoms with E-state index in [1.165, 1.54) is 11.3 Å². The zero-order chi connectivity index (χ0) is 19.6. The van der Waals surface area contributed by atoms with Gasteiger partial charge in [0.2, 0.25) is 0 Å². The number of benzene rings is 3. The number of hydrogen-bond acceptors (Lipinski definition) is 4. The van der Waals surface area contributed by atoms with Gasteiger partial charge in [-0.1, -0.05) is 36.4 Å². The fraction of sp³-hybridized carbons (Fsp3) is 0.125. The molecule has 1 atom stereocenters. The van der Waals surface area contributed by atoms with Crippen molar-refractivity contribution < 1.29 is 14.3 Å². The van der Waals surface area contributed by atoms with Crippen LogP contribution in [0.15, 0.2) is 78.9 Å². The van der Waals surface area contributed by atoms with E-state index < -0.39 is 0 Å². The van der Waals surface area contributed by atoms with E-state index in [1.807, 2.05) is 78.9 Å². The number of carbonyl (C=O) groups is 1. The SMILES string of the molecule is O=C(NCC1Cc2cc(Oc3ccccc3)ccc2O1)c1cc2ccccc2s1. The third-order valence-electron chi connectivity index (χ3n) is 4.89. The molecule has 0 bridgehead atoms. The van der Waals surface area contributed by atoms with Gasteiger partial charge in [0.1, 0.15) is 23.4 Å². The molecule has 1 aromatic heterocycles. The van der Waals surface area contributed by atoms with Crippen molar-refractivity contribution in [2.24, 2.45) is 0 Å². The first-order valence-electron chi connectivity index (χ1n) is 9.54. The molecule has 0 saturated carbocycles. The van der Waals surface area contributed by atoms with E-state index in [0.717, 1.165) is 44.2 Å². The van der Waals surface area contributed by atoms with Crippen LogP contribution in [-0.2, 0) is 6.42 Å². The Hall–Kier alpha value is -3.31. The van der Waals surface area contributed by atoms with Gasteiger partial charge >= 0.3 is 0 Å². The highest BCUT2D eigenvalue weighted by Crippen LogP contribution is 2.33. The first kappa shape index (κ1) is 17.8. The largest absolute Gasteiger partial charge is 0.488 e. The van der Waals surface area contributed by atoms with Crippen LogP contribution in [0.4, 0.5) is 0 Å². The van der Waals surface area contributed by atoms with Crippen molar-refractivity contribution in [2.75, 3.05) is 6.54 Å². The molecule has 0 spiro atoms. The monoisotopic (exact) mass is 401 g/mol. The third-order valence-corrected chi connectivity index (χ3v) is 6.01. The molecule has 0 fully saturated rings. The fourth-order valence-electron chi connectivity index (χ4n) is 3.49. The molecule has 1 N–H and O–H groups in total. The van der Waals surface area contributed by atoms with Crippen LogP contribution >= 0.6 is 11.3 Å². The highest BCUT2D eigenvalue weighted by Gasteiger charge is 2.24. The number of hydrogen-bond donors (Lipinski definition) is 1. The second-order valence-corrected chi connectivity index (χ2v) is 8.07. The van der Waals surface area contributed by atoms with Gasteiger partial charge in [0.25, 0.3) is 5.91 Å². The van der Waals surface area contributed by atoms with Crippen molar-refractivity contribution in [2.45, 2.75) is 12.5 Å².